The molecule has 0 amide bonds. The first-order valence-electron chi connectivity index (χ1n) is 5.22. The van der Waals surface area contributed by atoms with Crippen molar-refractivity contribution in [3.05, 3.63) is 29.0 Å². The van der Waals surface area contributed by atoms with Crippen molar-refractivity contribution in [1.29, 1.82) is 0 Å². The summed E-state index contributed by atoms with van der Waals surface area (Å²) >= 11 is 0. The molecule has 3 nitrogen and oxygen atoms in total. The number of nitrogens with one attached hydrogen (secondary N) is 1. The Morgan fingerprint density at radius 2 is 2.00 bits per heavy atom. The monoisotopic (exact) mass is 217 g/mol. The van der Waals surface area contributed by atoms with E-state index in [1.807, 2.05) is 26.0 Å². The summed E-state index contributed by atoms with van der Waals surface area (Å²) in [6.07, 6.45) is 0. The van der Waals surface area contributed by atoms with Gasteiger partial charge in [-0.25, -0.2) is 0 Å². The Hall–Kier alpha value is -1.77. The van der Waals surface area contributed by atoms with Crippen LogP contribution in [0.5, 0.6) is 5.75 Å². The lowest BCUT2D eigenvalue weighted by atomic mass is 10.1. The summed E-state index contributed by atoms with van der Waals surface area (Å²) in [5, 5.41) is 0.975. The van der Waals surface area contributed by atoms with Crippen LogP contribution in [0.25, 0.3) is 10.9 Å². The summed E-state index contributed by atoms with van der Waals surface area (Å²) in [6.45, 7) is 5.48. The van der Waals surface area contributed by atoms with Crippen LogP contribution in [-0.4, -0.2) is 17.9 Å². The number of fused-ring (bicyclic) bond motifs is 1. The molecule has 0 radical (unpaired) electrons. The highest BCUT2D eigenvalue weighted by Crippen LogP contribution is 2.29. The zero-order valence-corrected chi connectivity index (χ0v) is 9.97. The highest BCUT2D eigenvalue weighted by molar-refractivity contribution is 6.08. The number of methoxy groups -OCH3 is 1. The molecule has 16 heavy (non-hydrogen) atoms. The fourth-order valence-electron chi connectivity index (χ4n) is 2.14. The number of carbonyl (C=O) groups is 1. The molecule has 1 N–H and O–H groups in total. The molecule has 84 valence electrons. The van der Waals surface area contributed by atoms with Gasteiger partial charge in [-0.2, -0.15) is 0 Å². The standard InChI is InChI=1S/C13H15NO2/c1-7-5-10-11(6-12(7)16-4)14-8(2)13(10)9(3)15/h5-6,14H,1-4H3. The van der Waals surface area contributed by atoms with Gasteiger partial charge in [0.2, 0.25) is 0 Å². The van der Waals surface area contributed by atoms with Crippen molar-refractivity contribution in [3.63, 3.8) is 0 Å². The molecule has 1 aromatic heterocycles. The van der Waals surface area contributed by atoms with Crippen LogP contribution in [0.1, 0.15) is 28.5 Å². The van der Waals surface area contributed by atoms with Crippen molar-refractivity contribution < 1.29 is 9.53 Å². The van der Waals surface area contributed by atoms with Crippen LogP contribution in [-0.2, 0) is 0 Å². The zero-order valence-electron chi connectivity index (χ0n) is 9.97. The number of hydrogen-bond acceptors (Lipinski definition) is 2. The van der Waals surface area contributed by atoms with Gasteiger partial charge < -0.3 is 9.72 Å². The number of ether oxygens (including phenoxy) is 1. The van der Waals surface area contributed by atoms with Gasteiger partial charge in [0.25, 0.3) is 0 Å². The number of ketones is 1. The summed E-state index contributed by atoms with van der Waals surface area (Å²) in [4.78, 5) is 14.8. The quantitative estimate of drug-likeness (QED) is 0.786. The van der Waals surface area contributed by atoms with Crippen molar-refractivity contribution in [2.75, 3.05) is 7.11 Å². The molecule has 0 saturated carbocycles. The SMILES string of the molecule is COc1cc2[nH]c(C)c(C(C)=O)c2cc1C. The second-order valence-corrected chi connectivity index (χ2v) is 4.05. The molecule has 1 heterocycles. The Bertz CT molecular complexity index is 567. The lowest BCUT2D eigenvalue weighted by Gasteiger charge is -2.04. The average Bonchev–Trinajstić information content (AvgIpc) is 2.51. The van der Waals surface area contributed by atoms with Crippen molar-refractivity contribution in [1.82, 2.24) is 4.98 Å². The first kappa shape index (κ1) is 10.7. The van der Waals surface area contributed by atoms with E-state index < -0.39 is 0 Å². The summed E-state index contributed by atoms with van der Waals surface area (Å²) in [5.41, 5.74) is 3.68. The Morgan fingerprint density at radius 3 is 2.56 bits per heavy atom. The molecule has 0 aliphatic carbocycles. The summed E-state index contributed by atoms with van der Waals surface area (Å²) in [6, 6.07) is 3.93. The summed E-state index contributed by atoms with van der Waals surface area (Å²) in [7, 11) is 1.65. The molecule has 0 spiro atoms. The van der Waals surface area contributed by atoms with Gasteiger partial charge >= 0.3 is 0 Å². The minimum atomic E-state index is 0.0910. The molecular weight excluding hydrogens is 202 g/mol. The first-order chi connectivity index (χ1) is 7.54. The predicted octanol–water partition coefficient (Wildman–Crippen LogP) is 3.00. The molecule has 0 aliphatic rings. The van der Waals surface area contributed by atoms with E-state index >= 15 is 0 Å². The minimum absolute atomic E-state index is 0.0910. The maximum Gasteiger partial charge on any atom is 0.162 e. The number of Topliss-reactive ketones (excluding diaryl/α,β-unsaturated/α-hetero) is 1. The lowest BCUT2D eigenvalue weighted by molar-refractivity contribution is 0.101. The smallest absolute Gasteiger partial charge is 0.162 e. The van der Waals surface area contributed by atoms with Crippen LogP contribution in [0.3, 0.4) is 0 Å². The second kappa shape index (κ2) is 3.67. The van der Waals surface area contributed by atoms with Crippen LogP contribution < -0.4 is 4.74 Å². The fraction of sp³-hybridized carbons (Fsp3) is 0.308. The first-order valence-corrected chi connectivity index (χ1v) is 5.22. The number of carbonyl (C=O) groups excluding carboxylic acids is 1. The zero-order chi connectivity index (χ0) is 11.9. The van der Waals surface area contributed by atoms with Crippen molar-refractivity contribution in [2.24, 2.45) is 0 Å². The molecule has 1 aromatic carbocycles. The molecule has 0 atom stereocenters. The molecule has 0 saturated heterocycles. The van der Waals surface area contributed by atoms with E-state index in [9.17, 15) is 4.79 Å². The predicted molar refractivity (Wildman–Crippen MR) is 64.3 cm³/mol. The van der Waals surface area contributed by atoms with Gasteiger partial charge in [0.1, 0.15) is 5.75 Å². The summed E-state index contributed by atoms with van der Waals surface area (Å²) < 4.78 is 5.26. The van der Waals surface area contributed by atoms with E-state index in [0.29, 0.717) is 0 Å². The number of hydrogen-bond donors (Lipinski definition) is 1. The van der Waals surface area contributed by atoms with Gasteiger partial charge in [0.15, 0.2) is 5.78 Å². The van der Waals surface area contributed by atoms with Gasteiger partial charge in [-0.15, -0.1) is 0 Å². The van der Waals surface area contributed by atoms with Crippen LogP contribution in [0.15, 0.2) is 12.1 Å². The Kier molecular flexibility index (Phi) is 2.46. The lowest BCUT2D eigenvalue weighted by Crippen LogP contribution is -1.93. The molecular formula is C13H15NO2. The fourth-order valence-corrected chi connectivity index (χ4v) is 2.14. The molecule has 3 heteroatoms. The van der Waals surface area contributed by atoms with Gasteiger partial charge in [0, 0.05) is 22.7 Å². The Balaban J connectivity index is 2.81. The minimum Gasteiger partial charge on any atom is -0.496 e. The maximum atomic E-state index is 11.6. The van der Waals surface area contributed by atoms with E-state index in [-0.39, 0.29) is 5.78 Å². The van der Waals surface area contributed by atoms with Crippen LogP contribution in [0, 0.1) is 13.8 Å². The van der Waals surface area contributed by atoms with Crippen LogP contribution in [0.2, 0.25) is 0 Å². The van der Waals surface area contributed by atoms with E-state index in [2.05, 4.69) is 4.98 Å². The maximum absolute atomic E-state index is 11.6. The van der Waals surface area contributed by atoms with Gasteiger partial charge in [-0.1, -0.05) is 0 Å². The molecule has 0 bridgehead atoms. The molecule has 2 aromatic rings. The van der Waals surface area contributed by atoms with Gasteiger partial charge in [-0.3, -0.25) is 4.79 Å². The molecule has 0 unspecified atom stereocenters. The van der Waals surface area contributed by atoms with Gasteiger partial charge in [0.05, 0.1) is 12.6 Å². The number of aromatic amines is 1. The Labute approximate surface area is 94.4 Å². The normalized spacial score (nSPS) is 10.8. The van der Waals surface area contributed by atoms with Gasteiger partial charge in [-0.05, 0) is 32.4 Å². The van der Waals surface area contributed by atoms with Crippen molar-refractivity contribution in [2.45, 2.75) is 20.8 Å². The number of rotatable bonds is 2. The summed E-state index contributed by atoms with van der Waals surface area (Å²) in [5.74, 6) is 0.928. The highest BCUT2D eigenvalue weighted by atomic mass is 16.5. The largest absolute Gasteiger partial charge is 0.496 e. The molecule has 2 rings (SSSR count). The van der Waals surface area contributed by atoms with Crippen molar-refractivity contribution in [3.8, 4) is 5.75 Å². The highest BCUT2D eigenvalue weighted by Gasteiger charge is 2.14. The number of aromatic nitrogens is 1. The second-order valence-electron chi connectivity index (χ2n) is 4.05. The third-order valence-corrected chi connectivity index (χ3v) is 2.85. The van der Waals surface area contributed by atoms with E-state index in [1.165, 1.54) is 0 Å². The van der Waals surface area contributed by atoms with E-state index in [0.717, 1.165) is 33.5 Å². The number of H-pyrrole nitrogens is 1. The molecule has 0 fully saturated rings. The van der Waals surface area contributed by atoms with Crippen LogP contribution >= 0.6 is 0 Å². The van der Waals surface area contributed by atoms with E-state index in [1.54, 1.807) is 14.0 Å². The third kappa shape index (κ3) is 1.48. The van der Waals surface area contributed by atoms with E-state index in [4.69, 9.17) is 4.74 Å². The molecule has 0 aliphatic heterocycles. The van der Waals surface area contributed by atoms with Crippen LogP contribution in [0.4, 0.5) is 0 Å². The number of aryl methyl sites for hydroxylation is 2. The topological polar surface area (TPSA) is 42.1 Å². The van der Waals surface area contributed by atoms with Crippen molar-refractivity contribution >= 4 is 16.7 Å². The third-order valence-electron chi connectivity index (χ3n) is 2.85. The Morgan fingerprint density at radius 1 is 1.31 bits per heavy atom. The number of benzene rings is 1. The average molecular weight is 217 g/mol.